The highest BCUT2D eigenvalue weighted by atomic mass is 35.5. The molecule has 2 aromatic carbocycles. The summed E-state index contributed by atoms with van der Waals surface area (Å²) in [4.78, 5) is 0. The number of rotatable bonds is 5. The van der Waals surface area contributed by atoms with Gasteiger partial charge in [0.15, 0.2) is 11.5 Å². The molecule has 0 saturated carbocycles. The summed E-state index contributed by atoms with van der Waals surface area (Å²) in [7, 11) is 3.02. The van der Waals surface area contributed by atoms with E-state index in [1.54, 1.807) is 12.1 Å². The molecule has 2 rings (SSSR count). The lowest BCUT2D eigenvalue weighted by molar-refractivity contribution is 0.146. The van der Waals surface area contributed by atoms with Gasteiger partial charge >= 0.3 is 0 Å². The summed E-state index contributed by atoms with van der Waals surface area (Å²) in [6, 6.07) is 12.2. The number of methoxy groups -OCH3 is 2. The van der Waals surface area contributed by atoms with Gasteiger partial charge in [0, 0.05) is 5.56 Å². The van der Waals surface area contributed by atoms with Crippen molar-refractivity contribution >= 4 is 11.6 Å². The molecule has 2 aromatic rings. The molecule has 0 bridgehead atoms. The predicted octanol–water partition coefficient (Wildman–Crippen LogP) is 3.09. The van der Waals surface area contributed by atoms with E-state index in [9.17, 15) is 5.11 Å². The number of aliphatic hydroxyl groups excluding tert-OH is 1. The van der Waals surface area contributed by atoms with E-state index in [0.717, 1.165) is 5.56 Å². The third-order valence-corrected chi connectivity index (χ3v) is 3.75. The van der Waals surface area contributed by atoms with Crippen LogP contribution in [0.1, 0.15) is 23.3 Å². The zero-order valence-corrected chi connectivity index (χ0v) is 12.7. The number of aliphatic hydroxyl groups is 1. The molecule has 0 spiro atoms. The summed E-state index contributed by atoms with van der Waals surface area (Å²) in [6.45, 7) is 0. The summed E-state index contributed by atoms with van der Waals surface area (Å²) in [5, 5.41) is 10.8. The average Bonchev–Trinajstić information content (AvgIpc) is 2.53. The molecule has 0 radical (unpaired) electrons. The van der Waals surface area contributed by atoms with E-state index in [4.69, 9.17) is 26.8 Å². The average molecular weight is 308 g/mol. The third kappa shape index (κ3) is 3.13. The molecular weight excluding hydrogens is 290 g/mol. The molecule has 0 aliphatic rings. The summed E-state index contributed by atoms with van der Waals surface area (Å²) in [6.07, 6.45) is -0.945. The van der Waals surface area contributed by atoms with E-state index >= 15 is 0 Å². The predicted molar refractivity (Wildman–Crippen MR) is 82.9 cm³/mol. The van der Waals surface area contributed by atoms with Crippen molar-refractivity contribution in [2.45, 2.75) is 12.1 Å². The number of ether oxygens (including phenoxy) is 2. The normalized spacial score (nSPS) is 13.6. The Kier molecular flexibility index (Phi) is 5.07. The van der Waals surface area contributed by atoms with Crippen molar-refractivity contribution in [1.29, 1.82) is 0 Å². The first-order chi connectivity index (χ1) is 10.1. The Morgan fingerprint density at radius 3 is 2.29 bits per heavy atom. The van der Waals surface area contributed by atoms with Gasteiger partial charge in [-0.3, -0.25) is 0 Å². The zero-order valence-electron chi connectivity index (χ0n) is 11.9. The quantitative estimate of drug-likeness (QED) is 0.891. The second-order valence-corrected chi connectivity index (χ2v) is 4.96. The van der Waals surface area contributed by atoms with Crippen molar-refractivity contribution in [3.05, 3.63) is 58.6 Å². The van der Waals surface area contributed by atoms with Gasteiger partial charge in [0.1, 0.15) is 0 Å². The smallest absolute Gasteiger partial charge is 0.179 e. The number of halogens is 1. The second-order valence-electron chi connectivity index (χ2n) is 4.59. The van der Waals surface area contributed by atoms with E-state index in [0.29, 0.717) is 22.1 Å². The number of benzene rings is 2. The monoisotopic (exact) mass is 307 g/mol. The molecule has 2 atom stereocenters. The van der Waals surface area contributed by atoms with Crippen LogP contribution in [0.15, 0.2) is 42.5 Å². The molecular formula is C16H18ClNO3. The summed E-state index contributed by atoms with van der Waals surface area (Å²) < 4.78 is 10.4. The van der Waals surface area contributed by atoms with Gasteiger partial charge in [0.2, 0.25) is 0 Å². The molecule has 21 heavy (non-hydrogen) atoms. The Balaban J connectivity index is 2.37. The van der Waals surface area contributed by atoms with Crippen LogP contribution in [0.2, 0.25) is 5.02 Å². The molecule has 0 fully saturated rings. The van der Waals surface area contributed by atoms with Crippen molar-refractivity contribution in [1.82, 2.24) is 0 Å². The van der Waals surface area contributed by atoms with Gasteiger partial charge in [-0.15, -0.1) is 0 Å². The summed E-state index contributed by atoms with van der Waals surface area (Å²) in [5.74, 6) is 0.891. The lowest BCUT2D eigenvalue weighted by Gasteiger charge is -2.22. The highest BCUT2D eigenvalue weighted by Gasteiger charge is 2.24. The highest BCUT2D eigenvalue weighted by Crippen LogP contribution is 2.41. The second kappa shape index (κ2) is 6.80. The molecule has 112 valence electrons. The molecule has 0 aromatic heterocycles. The maximum atomic E-state index is 10.5. The van der Waals surface area contributed by atoms with Crippen LogP contribution in [0.3, 0.4) is 0 Å². The number of hydrogen-bond acceptors (Lipinski definition) is 4. The molecule has 3 N–H and O–H groups in total. The minimum Gasteiger partial charge on any atom is -0.493 e. The lowest BCUT2D eigenvalue weighted by atomic mass is 9.96. The molecule has 5 heteroatoms. The maximum absolute atomic E-state index is 10.5. The van der Waals surface area contributed by atoms with E-state index < -0.39 is 12.1 Å². The van der Waals surface area contributed by atoms with Gasteiger partial charge in [-0.2, -0.15) is 0 Å². The standard InChI is InChI=1S/C16H18ClNO3/c1-20-12-9-8-11(13(17)16(12)21-2)15(19)14(18)10-6-4-3-5-7-10/h3-9,14-15,19H,18H2,1-2H3. The van der Waals surface area contributed by atoms with Crippen LogP contribution in [0, 0.1) is 0 Å². The Labute approximate surface area is 129 Å². The zero-order chi connectivity index (χ0) is 15.4. The van der Waals surface area contributed by atoms with Crippen LogP contribution < -0.4 is 15.2 Å². The fraction of sp³-hybridized carbons (Fsp3) is 0.250. The van der Waals surface area contributed by atoms with Crippen LogP contribution in [0.25, 0.3) is 0 Å². The van der Waals surface area contributed by atoms with E-state index in [2.05, 4.69) is 0 Å². The third-order valence-electron chi connectivity index (χ3n) is 3.36. The van der Waals surface area contributed by atoms with Crippen LogP contribution in [0.5, 0.6) is 11.5 Å². The van der Waals surface area contributed by atoms with Gasteiger partial charge < -0.3 is 20.3 Å². The molecule has 0 heterocycles. The summed E-state index contributed by atoms with van der Waals surface area (Å²) in [5.41, 5.74) is 7.46. The van der Waals surface area contributed by atoms with Crippen molar-refractivity contribution in [2.24, 2.45) is 5.73 Å². The molecule has 0 aliphatic carbocycles. The number of hydrogen-bond donors (Lipinski definition) is 2. The molecule has 0 aliphatic heterocycles. The van der Waals surface area contributed by atoms with Crippen LogP contribution in [-0.4, -0.2) is 19.3 Å². The lowest BCUT2D eigenvalue weighted by Crippen LogP contribution is -2.20. The van der Waals surface area contributed by atoms with Gasteiger partial charge in [0.05, 0.1) is 31.4 Å². The van der Waals surface area contributed by atoms with Gasteiger partial charge in [-0.25, -0.2) is 0 Å². The van der Waals surface area contributed by atoms with Gasteiger partial charge in [0.25, 0.3) is 0 Å². The topological polar surface area (TPSA) is 64.7 Å². The Morgan fingerprint density at radius 2 is 1.71 bits per heavy atom. The van der Waals surface area contributed by atoms with Crippen LogP contribution in [-0.2, 0) is 0 Å². The van der Waals surface area contributed by atoms with Crippen molar-refractivity contribution in [3.8, 4) is 11.5 Å². The van der Waals surface area contributed by atoms with Crippen LogP contribution in [0.4, 0.5) is 0 Å². The van der Waals surface area contributed by atoms with Gasteiger partial charge in [-0.1, -0.05) is 48.0 Å². The minimum atomic E-state index is -0.945. The van der Waals surface area contributed by atoms with Gasteiger partial charge in [-0.05, 0) is 11.6 Å². The van der Waals surface area contributed by atoms with E-state index in [1.165, 1.54) is 14.2 Å². The first kappa shape index (κ1) is 15.6. The SMILES string of the molecule is COc1ccc(C(O)C(N)c2ccccc2)c(Cl)c1OC. The Hall–Kier alpha value is -1.75. The molecule has 0 saturated heterocycles. The van der Waals surface area contributed by atoms with Crippen molar-refractivity contribution in [2.75, 3.05) is 14.2 Å². The minimum absolute atomic E-state index is 0.302. The fourth-order valence-corrected chi connectivity index (χ4v) is 2.53. The largest absolute Gasteiger partial charge is 0.493 e. The first-order valence-corrected chi connectivity index (χ1v) is 6.87. The summed E-state index contributed by atoms with van der Waals surface area (Å²) >= 11 is 6.30. The van der Waals surface area contributed by atoms with E-state index in [-0.39, 0.29) is 0 Å². The van der Waals surface area contributed by atoms with Crippen molar-refractivity contribution in [3.63, 3.8) is 0 Å². The van der Waals surface area contributed by atoms with E-state index in [1.807, 2.05) is 30.3 Å². The van der Waals surface area contributed by atoms with Crippen LogP contribution >= 0.6 is 11.6 Å². The first-order valence-electron chi connectivity index (χ1n) is 6.49. The molecule has 4 nitrogen and oxygen atoms in total. The molecule has 2 unspecified atom stereocenters. The Morgan fingerprint density at radius 1 is 1.05 bits per heavy atom. The molecule has 0 amide bonds. The number of nitrogens with two attached hydrogens (primary N) is 1. The maximum Gasteiger partial charge on any atom is 0.179 e. The fourth-order valence-electron chi connectivity index (χ4n) is 2.18. The van der Waals surface area contributed by atoms with Crippen molar-refractivity contribution < 1.29 is 14.6 Å². The Bertz CT molecular complexity index is 604. The highest BCUT2D eigenvalue weighted by molar-refractivity contribution is 6.33.